The molecular weight excluding hydrogens is 452 g/mol. The van der Waals surface area contributed by atoms with E-state index in [1.165, 1.54) is 12.1 Å². The Bertz CT molecular complexity index is 1330. The first kappa shape index (κ1) is 22.5. The summed E-state index contributed by atoms with van der Waals surface area (Å²) < 4.78 is 5.77. The standard InChI is InChI=1S/C25H22N4O6/c1-15-22(23(29(33)34)25(27-15)20-7-2-3-8-21(20)26-24(25)30)17-9-11-19(12-10-17)35-14-16-5-4-6-18(13-16)28(31)32/h2-13,15,22-23,27H,14H2,1H3,(H,26,30)/t15-,22-,23-,25-/m0/s1. The van der Waals surface area contributed by atoms with Gasteiger partial charge in [0.15, 0.2) is 5.54 Å². The Kier molecular flexibility index (Phi) is 5.45. The van der Waals surface area contributed by atoms with Gasteiger partial charge in [-0.05, 0) is 36.2 Å². The lowest BCUT2D eigenvalue weighted by molar-refractivity contribution is -0.532. The highest BCUT2D eigenvalue weighted by atomic mass is 16.6. The van der Waals surface area contributed by atoms with E-state index < -0.39 is 28.3 Å². The highest BCUT2D eigenvalue weighted by Gasteiger charge is 2.67. The molecule has 10 nitrogen and oxygen atoms in total. The second kappa shape index (κ2) is 8.48. The van der Waals surface area contributed by atoms with Crippen molar-refractivity contribution in [2.24, 2.45) is 0 Å². The Morgan fingerprint density at radius 2 is 1.74 bits per heavy atom. The summed E-state index contributed by atoms with van der Waals surface area (Å²) in [6.07, 6.45) is 0. The van der Waals surface area contributed by atoms with E-state index in [2.05, 4.69) is 10.6 Å². The van der Waals surface area contributed by atoms with Crippen LogP contribution >= 0.6 is 0 Å². The van der Waals surface area contributed by atoms with Gasteiger partial charge in [-0.2, -0.15) is 0 Å². The fourth-order valence-electron chi connectivity index (χ4n) is 5.27. The average Bonchev–Trinajstić information content (AvgIpc) is 3.32. The molecule has 2 aliphatic heterocycles. The Balaban J connectivity index is 1.40. The average molecular weight is 474 g/mol. The molecule has 0 radical (unpaired) electrons. The van der Waals surface area contributed by atoms with Crippen LogP contribution in [0.3, 0.4) is 0 Å². The van der Waals surface area contributed by atoms with Gasteiger partial charge in [0.1, 0.15) is 12.4 Å². The molecule has 10 heteroatoms. The predicted octanol–water partition coefficient (Wildman–Crippen LogP) is 3.74. The van der Waals surface area contributed by atoms with Crippen LogP contribution < -0.4 is 15.4 Å². The molecule has 2 N–H and O–H groups in total. The molecule has 0 aliphatic carbocycles. The summed E-state index contributed by atoms with van der Waals surface area (Å²) >= 11 is 0. The van der Waals surface area contributed by atoms with E-state index in [4.69, 9.17) is 4.74 Å². The van der Waals surface area contributed by atoms with E-state index in [0.717, 1.165) is 0 Å². The summed E-state index contributed by atoms with van der Waals surface area (Å²) in [5.41, 5.74) is 1.05. The first-order chi connectivity index (χ1) is 16.8. The normalized spacial score (nSPS) is 24.7. The first-order valence-electron chi connectivity index (χ1n) is 11.1. The number of carbonyl (C=O) groups excluding carboxylic acids is 1. The third kappa shape index (κ3) is 3.68. The van der Waals surface area contributed by atoms with E-state index in [9.17, 15) is 25.0 Å². The smallest absolute Gasteiger partial charge is 0.269 e. The maximum Gasteiger partial charge on any atom is 0.269 e. The molecule has 1 fully saturated rings. The molecule has 4 atom stereocenters. The number of amides is 1. The number of nitrogens with one attached hydrogen (secondary N) is 2. The van der Waals surface area contributed by atoms with E-state index in [-0.39, 0.29) is 23.3 Å². The monoisotopic (exact) mass is 474 g/mol. The lowest BCUT2D eigenvalue weighted by Gasteiger charge is -2.25. The number of hydrogen-bond donors (Lipinski definition) is 2. The van der Waals surface area contributed by atoms with Crippen molar-refractivity contribution in [2.45, 2.75) is 37.1 Å². The third-order valence-corrected chi connectivity index (χ3v) is 6.76. The number of nitro groups is 2. The molecule has 2 heterocycles. The summed E-state index contributed by atoms with van der Waals surface area (Å²) in [7, 11) is 0. The van der Waals surface area contributed by atoms with Crippen molar-refractivity contribution in [3.05, 3.63) is 110 Å². The van der Waals surface area contributed by atoms with Gasteiger partial charge in [0, 0.05) is 34.3 Å². The summed E-state index contributed by atoms with van der Waals surface area (Å²) in [6.45, 7) is 1.98. The Labute approximate surface area is 200 Å². The van der Waals surface area contributed by atoms with Crippen LogP contribution in [0.4, 0.5) is 11.4 Å². The summed E-state index contributed by atoms with van der Waals surface area (Å²) in [6, 6.07) is 18.6. The molecule has 0 saturated carbocycles. The van der Waals surface area contributed by atoms with Crippen molar-refractivity contribution >= 4 is 17.3 Å². The number of benzene rings is 3. The zero-order valence-corrected chi connectivity index (χ0v) is 18.7. The molecule has 5 rings (SSSR count). The number of ether oxygens (including phenoxy) is 1. The topological polar surface area (TPSA) is 137 Å². The van der Waals surface area contributed by atoms with Gasteiger partial charge >= 0.3 is 0 Å². The van der Waals surface area contributed by atoms with Gasteiger partial charge in [-0.15, -0.1) is 0 Å². The molecule has 0 unspecified atom stereocenters. The first-order valence-corrected chi connectivity index (χ1v) is 11.1. The molecule has 178 valence electrons. The van der Waals surface area contributed by atoms with Crippen LogP contribution in [0.2, 0.25) is 0 Å². The molecule has 1 saturated heterocycles. The molecular formula is C25H22N4O6. The van der Waals surface area contributed by atoms with Crippen molar-refractivity contribution in [1.29, 1.82) is 0 Å². The van der Waals surface area contributed by atoms with Gasteiger partial charge in [-0.1, -0.05) is 42.5 Å². The van der Waals surface area contributed by atoms with Crippen LogP contribution in [0.25, 0.3) is 0 Å². The highest BCUT2D eigenvalue weighted by molar-refractivity contribution is 6.07. The zero-order valence-electron chi connectivity index (χ0n) is 18.7. The third-order valence-electron chi connectivity index (χ3n) is 6.76. The number of nitro benzene ring substituents is 1. The lowest BCUT2D eigenvalue weighted by atomic mass is 9.78. The van der Waals surface area contributed by atoms with Crippen molar-refractivity contribution in [2.75, 3.05) is 5.32 Å². The Hall–Kier alpha value is -4.31. The Morgan fingerprint density at radius 1 is 1.00 bits per heavy atom. The molecule has 0 aromatic heterocycles. The van der Waals surface area contributed by atoms with Crippen molar-refractivity contribution in [3.8, 4) is 5.75 Å². The van der Waals surface area contributed by atoms with E-state index in [1.54, 1.807) is 60.7 Å². The number of rotatable bonds is 6. The minimum Gasteiger partial charge on any atom is -0.489 e. The minimum absolute atomic E-state index is 0.0126. The number of hydrogen-bond acceptors (Lipinski definition) is 7. The minimum atomic E-state index is -1.46. The maximum atomic E-state index is 13.1. The zero-order chi connectivity index (χ0) is 24.7. The number of nitrogens with zero attached hydrogens (tertiary/aromatic N) is 2. The molecule has 1 spiro atoms. The second-order valence-corrected chi connectivity index (χ2v) is 8.78. The van der Waals surface area contributed by atoms with Gasteiger partial charge in [-0.3, -0.25) is 30.3 Å². The van der Waals surface area contributed by atoms with Crippen LogP contribution in [0.5, 0.6) is 5.75 Å². The van der Waals surface area contributed by atoms with E-state index in [1.807, 2.05) is 6.92 Å². The van der Waals surface area contributed by atoms with Crippen molar-refractivity contribution < 1.29 is 19.4 Å². The quantitative estimate of drug-likeness (QED) is 0.410. The van der Waals surface area contributed by atoms with Crippen LogP contribution in [0.15, 0.2) is 72.8 Å². The SMILES string of the molecule is C[C@@H]1N[C@]2(C(=O)Nc3ccccc32)[C@@H]([N+](=O)[O-])[C@@H]1c1ccc(OCc2cccc([N+](=O)[O-])c2)cc1. The van der Waals surface area contributed by atoms with Crippen molar-refractivity contribution in [1.82, 2.24) is 5.32 Å². The predicted molar refractivity (Wildman–Crippen MR) is 127 cm³/mol. The second-order valence-electron chi connectivity index (χ2n) is 8.78. The van der Waals surface area contributed by atoms with Gasteiger partial charge in [0.2, 0.25) is 0 Å². The lowest BCUT2D eigenvalue weighted by Crippen LogP contribution is -2.54. The molecule has 3 aromatic rings. The number of carbonyl (C=O) groups is 1. The van der Waals surface area contributed by atoms with Crippen LogP contribution in [-0.2, 0) is 16.9 Å². The van der Waals surface area contributed by atoms with Crippen LogP contribution in [-0.4, -0.2) is 27.8 Å². The molecule has 35 heavy (non-hydrogen) atoms. The Morgan fingerprint density at radius 3 is 2.46 bits per heavy atom. The molecule has 2 aliphatic rings. The molecule has 3 aromatic carbocycles. The van der Waals surface area contributed by atoms with Gasteiger partial charge in [0.25, 0.3) is 17.6 Å². The van der Waals surface area contributed by atoms with Gasteiger partial charge in [-0.25, -0.2) is 0 Å². The number of para-hydroxylation sites is 1. The van der Waals surface area contributed by atoms with Gasteiger partial charge < -0.3 is 10.1 Å². The van der Waals surface area contributed by atoms with Crippen LogP contribution in [0.1, 0.15) is 29.5 Å². The van der Waals surface area contributed by atoms with E-state index in [0.29, 0.717) is 28.1 Å². The fourth-order valence-corrected chi connectivity index (χ4v) is 5.27. The van der Waals surface area contributed by atoms with Crippen LogP contribution in [0, 0.1) is 20.2 Å². The highest BCUT2D eigenvalue weighted by Crippen LogP contribution is 2.49. The van der Waals surface area contributed by atoms with Gasteiger partial charge in [0.05, 0.1) is 10.8 Å². The fraction of sp³-hybridized carbons (Fsp3) is 0.240. The maximum absolute atomic E-state index is 13.1. The molecule has 0 bridgehead atoms. The molecule has 1 amide bonds. The summed E-state index contributed by atoms with van der Waals surface area (Å²) in [5, 5.41) is 29.4. The van der Waals surface area contributed by atoms with Crippen molar-refractivity contribution in [3.63, 3.8) is 0 Å². The number of fused-ring (bicyclic) bond motifs is 2. The van der Waals surface area contributed by atoms with E-state index >= 15 is 0 Å². The number of anilines is 1. The number of non-ortho nitro benzene ring substituents is 1. The summed E-state index contributed by atoms with van der Waals surface area (Å²) in [4.78, 5) is 35.6. The largest absolute Gasteiger partial charge is 0.489 e. The summed E-state index contributed by atoms with van der Waals surface area (Å²) in [5.74, 6) is -0.463.